The molecule has 5 nitrogen and oxygen atoms in total. The number of benzene rings is 3. The number of hydrogen-bond donors (Lipinski definition) is 1. The second-order valence-corrected chi connectivity index (χ2v) is 7.14. The fraction of sp³-hybridized carbons (Fsp3) is 0.174. The second kappa shape index (κ2) is 6.24. The van der Waals surface area contributed by atoms with Crippen molar-refractivity contribution in [2.45, 2.75) is 11.6 Å². The third-order valence-corrected chi connectivity index (χ3v) is 5.72. The van der Waals surface area contributed by atoms with Gasteiger partial charge in [-0.15, -0.1) is 0 Å². The summed E-state index contributed by atoms with van der Waals surface area (Å²) in [4.78, 5) is 14.8. The van der Waals surface area contributed by atoms with Crippen molar-refractivity contribution in [2.24, 2.45) is 0 Å². The van der Waals surface area contributed by atoms with E-state index in [9.17, 15) is 9.18 Å². The van der Waals surface area contributed by atoms with Gasteiger partial charge in [-0.1, -0.05) is 30.3 Å². The summed E-state index contributed by atoms with van der Waals surface area (Å²) in [6.45, 7) is 0. The van der Waals surface area contributed by atoms with Crippen molar-refractivity contribution in [3.05, 3.63) is 83.7 Å². The standard InChI is InChI=1S/C23H19FN2O3/c1-28-19-12-17-18(13-20(19)29-2)26-22(27)21(17)23(26,14-6-4-3-5-7-14)25-16-10-8-15(24)9-11-16/h3-13,21,25H,1-2H3. The highest BCUT2D eigenvalue weighted by Crippen LogP contribution is 2.63. The monoisotopic (exact) mass is 390 g/mol. The number of β-lactam (4-membered cyclic amide) rings is 1. The van der Waals surface area contributed by atoms with Gasteiger partial charge in [0.25, 0.3) is 0 Å². The van der Waals surface area contributed by atoms with Crippen LogP contribution in [0.15, 0.2) is 66.7 Å². The van der Waals surface area contributed by atoms with Crippen LogP contribution in [0.2, 0.25) is 0 Å². The second-order valence-electron chi connectivity index (χ2n) is 7.14. The molecule has 3 aromatic rings. The van der Waals surface area contributed by atoms with Gasteiger partial charge in [0.15, 0.2) is 17.2 Å². The van der Waals surface area contributed by atoms with Gasteiger partial charge in [0.2, 0.25) is 5.91 Å². The van der Waals surface area contributed by atoms with Crippen LogP contribution in [0, 0.1) is 5.82 Å². The van der Waals surface area contributed by atoms with E-state index < -0.39 is 11.6 Å². The van der Waals surface area contributed by atoms with Crippen molar-refractivity contribution >= 4 is 17.3 Å². The molecule has 2 bridgehead atoms. The molecule has 2 heterocycles. The van der Waals surface area contributed by atoms with Crippen molar-refractivity contribution in [3.63, 3.8) is 0 Å². The van der Waals surface area contributed by atoms with Gasteiger partial charge in [-0.05, 0) is 41.5 Å². The minimum Gasteiger partial charge on any atom is -0.493 e. The van der Waals surface area contributed by atoms with Gasteiger partial charge in [0.05, 0.1) is 19.9 Å². The fourth-order valence-electron chi connectivity index (χ4n) is 4.46. The molecule has 5 rings (SSSR count). The Kier molecular flexibility index (Phi) is 3.77. The molecule has 2 atom stereocenters. The van der Waals surface area contributed by atoms with Gasteiger partial charge in [-0.2, -0.15) is 0 Å². The Balaban J connectivity index is 1.68. The lowest BCUT2D eigenvalue weighted by Crippen LogP contribution is -2.67. The summed E-state index contributed by atoms with van der Waals surface area (Å²) in [6, 6.07) is 19.7. The van der Waals surface area contributed by atoms with E-state index in [2.05, 4.69) is 5.32 Å². The lowest BCUT2D eigenvalue weighted by molar-refractivity contribution is -0.128. The van der Waals surface area contributed by atoms with E-state index in [4.69, 9.17) is 9.47 Å². The van der Waals surface area contributed by atoms with Crippen molar-refractivity contribution in [2.75, 3.05) is 24.4 Å². The Morgan fingerprint density at radius 2 is 1.62 bits per heavy atom. The zero-order valence-corrected chi connectivity index (χ0v) is 16.0. The highest BCUT2D eigenvalue weighted by Gasteiger charge is 2.68. The number of carbonyl (C=O) groups is 1. The minimum atomic E-state index is -0.796. The number of fused-ring (bicyclic) bond motifs is 5. The smallest absolute Gasteiger partial charge is 0.241 e. The number of amides is 1. The lowest BCUT2D eigenvalue weighted by Gasteiger charge is -2.52. The van der Waals surface area contributed by atoms with Gasteiger partial charge in [-0.3, -0.25) is 9.69 Å². The van der Waals surface area contributed by atoms with E-state index in [1.54, 1.807) is 31.3 Å². The van der Waals surface area contributed by atoms with Crippen molar-refractivity contribution in [3.8, 4) is 11.5 Å². The molecule has 2 aliphatic rings. The van der Waals surface area contributed by atoms with Crippen LogP contribution in [0.4, 0.5) is 15.8 Å². The Morgan fingerprint density at radius 3 is 2.28 bits per heavy atom. The number of nitrogens with one attached hydrogen (secondary N) is 1. The van der Waals surface area contributed by atoms with Crippen molar-refractivity contribution in [1.29, 1.82) is 0 Å². The van der Waals surface area contributed by atoms with E-state index in [-0.39, 0.29) is 11.7 Å². The van der Waals surface area contributed by atoms with Crippen LogP contribution >= 0.6 is 0 Å². The van der Waals surface area contributed by atoms with Crippen LogP contribution in [0.25, 0.3) is 0 Å². The lowest BCUT2D eigenvalue weighted by atomic mass is 9.76. The molecule has 29 heavy (non-hydrogen) atoms. The number of hydrogen-bond acceptors (Lipinski definition) is 4. The fourth-order valence-corrected chi connectivity index (χ4v) is 4.46. The van der Waals surface area contributed by atoms with Gasteiger partial charge in [0, 0.05) is 11.8 Å². The number of ether oxygens (including phenoxy) is 2. The van der Waals surface area contributed by atoms with E-state index in [0.29, 0.717) is 11.5 Å². The number of anilines is 2. The quantitative estimate of drug-likeness (QED) is 0.662. The average Bonchev–Trinajstić information content (AvgIpc) is 3.22. The molecule has 0 saturated carbocycles. The summed E-state index contributed by atoms with van der Waals surface area (Å²) >= 11 is 0. The molecule has 0 radical (unpaired) electrons. The van der Waals surface area contributed by atoms with Crippen LogP contribution in [0.1, 0.15) is 17.0 Å². The molecule has 1 N–H and O–H groups in total. The highest BCUT2D eigenvalue weighted by atomic mass is 19.1. The van der Waals surface area contributed by atoms with Gasteiger partial charge in [0.1, 0.15) is 11.7 Å². The molecule has 146 valence electrons. The van der Waals surface area contributed by atoms with Crippen molar-refractivity contribution in [1.82, 2.24) is 0 Å². The molecule has 0 aliphatic carbocycles. The third kappa shape index (κ3) is 2.29. The number of methoxy groups -OCH3 is 2. The Morgan fingerprint density at radius 1 is 0.966 bits per heavy atom. The van der Waals surface area contributed by atoms with E-state index in [1.165, 1.54) is 12.1 Å². The van der Waals surface area contributed by atoms with Crippen LogP contribution < -0.4 is 19.7 Å². The van der Waals surface area contributed by atoms with Crippen LogP contribution in [0.5, 0.6) is 11.5 Å². The van der Waals surface area contributed by atoms with E-state index in [0.717, 1.165) is 22.5 Å². The van der Waals surface area contributed by atoms with Crippen LogP contribution in [0.3, 0.4) is 0 Å². The Bertz CT molecular complexity index is 1060. The van der Waals surface area contributed by atoms with Gasteiger partial charge in [-0.25, -0.2) is 4.39 Å². The maximum atomic E-state index is 13.4. The zero-order valence-electron chi connectivity index (χ0n) is 16.0. The van der Waals surface area contributed by atoms with E-state index in [1.807, 2.05) is 42.5 Å². The Labute approximate surface area is 167 Å². The molecule has 3 aromatic carbocycles. The van der Waals surface area contributed by atoms with E-state index >= 15 is 0 Å². The van der Waals surface area contributed by atoms with Crippen LogP contribution in [-0.2, 0) is 10.5 Å². The predicted octanol–water partition coefficient (Wildman–Crippen LogP) is 4.25. The number of nitrogens with zero attached hydrogens (tertiary/aromatic N) is 1. The first-order valence-electron chi connectivity index (χ1n) is 9.29. The molecule has 0 aromatic heterocycles. The maximum Gasteiger partial charge on any atom is 0.241 e. The molecular formula is C23H19FN2O3. The third-order valence-electron chi connectivity index (χ3n) is 5.72. The number of carbonyl (C=O) groups excluding carboxylic acids is 1. The number of halogens is 1. The largest absolute Gasteiger partial charge is 0.493 e. The Hall–Kier alpha value is -3.54. The molecule has 0 spiro atoms. The molecular weight excluding hydrogens is 371 g/mol. The molecule has 1 fully saturated rings. The van der Waals surface area contributed by atoms with Gasteiger partial charge >= 0.3 is 0 Å². The first-order chi connectivity index (χ1) is 14.1. The normalized spacial score (nSPS) is 21.4. The van der Waals surface area contributed by atoms with Crippen LogP contribution in [-0.4, -0.2) is 20.1 Å². The number of rotatable bonds is 5. The summed E-state index contributed by atoms with van der Waals surface area (Å²) in [6.07, 6.45) is 0. The zero-order chi connectivity index (χ0) is 20.2. The highest BCUT2D eigenvalue weighted by molar-refractivity contribution is 6.16. The molecule has 2 aliphatic heterocycles. The minimum absolute atomic E-state index is 0.00812. The molecule has 1 amide bonds. The summed E-state index contributed by atoms with van der Waals surface area (Å²) in [7, 11) is 3.15. The van der Waals surface area contributed by atoms with Crippen molar-refractivity contribution < 1.29 is 18.7 Å². The summed E-state index contributed by atoms with van der Waals surface area (Å²) in [5.41, 5.74) is 2.55. The maximum absolute atomic E-state index is 13.4. The summed E-state index contributed by atoms with van der Waals surface area (Å²) in [5, 5.41) is 3.51. The predicted molar refractivity (Wildman–Crippen MR) is 108 cm³/mol. The molecule has 2 unspecified atom stereocenters. The van der Waals surface area contributed by atoms with Gasteiger partial charge < -0.3 is 14.8 Å². The first kappa shape index (κ1) is 17.6. The topological polar surface area (TPSA) is 50.8 Å². The summed E-state index contributed by atoms with van der Waals surface area (Å²) < 4.78 is 24.3. The molecule has 1 saturated heterocycles. The average molecular weight is 390 g/mol. The SMILES string of the molecule is COc1cc2c(cc1OC)N1C(=O)C2C1(Nc1ccc(F)cc1)c1ccccc1. The summed E-state index contributed by atoms with van der Waals surface area (Å²) in [5.74, 6) is 0.417. The molecule has 6 heteroatoms. The first-order valence-corrected chi connectivity index (χ1v) is 9.29.